The molecule has 0 aliphatic carbocycles. The first-order chi connectivity index (χ1) is 16.8. The topological polar surface area (TPSA) is 86.7 Å². The summed E-state index contributed by atoms with van der Waals surface area (Å²) in [6, 6.07) is 24.3. The second-order valence-corrected chi connectivity index (χ2v) is 9.89. The fraction of sp³-hybridized carbons (Fsp3) is 0.0741. The van der Waals surface area contributed by atoms with E-state index in [1.165, 1.54) is 12.1 Å². The first-order valence-electron chi connectivity index (χ1n) is 10.9. The molecule has 0 fully saturated rings. The molecule has 0 saturated heterocycles. The van der Waals surface area contributed by atoms with Gasteiger partial charge in [-0.15, -0.1) is 0 Å². The Labute approximate surface area is 202 Å². The summed E-state index contributed by atoms with van der Waals surface area (Å²) >= 11 is 0. The summed E-state index contributed by atoms with van der Waals surface area (Å²) in [5, 5.41) is 10.3. The molecule has 1 amide bonds. The Morgan fingerprint density at radius 1 is 0.857 bits per heavy atom. The third-order valence-electron chi connectivity index (χ3n) is 5.95. The first kappa shape index (κ1) is 22.6. The van der Waals surface area contributed by atoms with Crippen LogP contribution in [0.3, 0.4) is 0 Å². The Kier molecular flexibility index (Phi) is 5.74. The van der Waals surface area contributed by atoms with Crippen molar-refractivity contribution in [2.75, 3.05) is 16.2 Å². The van der Waals surface area contributed by atoms with Gasteiger partial charge in [0.05, 0.1) is 10.6 Å². The van der Waals surface area contributed by atoms with E-state index in [1.54, 1.807) is 11.0 Å². The van der Waals surface area contributed by atoms with Crippen LogP contribution >= 0.6 is 0 Å². The Morgan fingerprint density at radius 3 is 2.34 bits per heavy atom. The zero-order valence-electron chi connectivity index (χ0n) is 18.5. The van der Waals surface area contributed by atoms with Gasteiger partial charge in [0.2, 0.25) is 0 Å². The van der Waals surface area contributed by atoms with Crippen molar-refractivity contribution in [2.24, 2.45) is 0 Å². The van der Waals surface area contributed by atoms with Crippen LogP contribution < -0.4 is 9.62 Å². The number of benzene rings is 4. The SMILES string of the molecule is O=C1c2ccc(-c3ccccc3)cc2CCN1c1ccc(O)c(NS(=O)(=O)c2ccc(F)cc2)c1. The third kappa shape index (κ3) is 4.48. The molecule has 0 atom stereocenters. The number of hydrogen-bond donors (Lipinski definition) is 2. The van der Waals surface area contributed by atoms with Crippen molar-refractivity contribution in [3.8, 4) is 16.9 Å². The number of fused-ring (bicyclic) bond motifs is 1. The predicted molar refractivity (Wildman–Crippen MR) is 133 cm³/mol. The molecule has 0 bridgehead atoms. The molecule has 0 spiro atoms. The normalized spacial score (nSPS) is 13.4. The molecule has 1 aliphatic rings. The minimum Gasteiger partial charge on any atom is -0.506 e. The molecular weight excluding hydrogens is 467 g/mol. The number of aromatic hydroxyl groups is 1. The number of hydrogen-bond acceptors (Lipinski definition) is 4. The van der Waals surface area contributed by atoms with Crippen LogP contribution in [0.5, 0.6) is 5.75 Å². The molecule has 0 saturated carbocycles. The molecule has 176 valence electrons. The lowest BCUT2D eigenvalue weighted by Gasteiger charge is -2.29. The molecule has 1 aliphatic heterocycles. The molecular formula is C27H21FN2O4S. The number of amides is 1. The molecule has 1 heterocycles. The van der Waals surface area contributed by atoms with Crippen LogP contribution in [0.2, 0.25) is 0 Å². The van der Waals surface area contributed by atoms with E-state index in [0.29, 0.717) is 24.2 Å². The number of nitrogens with one attached hydrogen (secondary N) is 1. The van der Waals surface area contributed by atoms with E-state index in [-0.39, 0.29) is 22.2 Å². The zero-order chi connectivity index (χ0) is 24.6. The number of carbonyl (C=O) groups is 1. The van der Waals surface area contributed by atoms with Gasteiger partial charge in [-0.05, 0) is 71.6 Å². The maximum atomic E-state index is 13.3. The molecule has 4 aromatic carbocycles. The van der Waals surface area contributed by atoms with Crippen molar-refractivity contribution in [3.63, 3.8) is 0 Å². The van der Waals surface area contributed by atoms with Gasteiger partial charge in [0.25, 0.3) is 15.9 Å². The highest BCUT2D eigenvalue weighted by Gasteiger charge is 2.27. The smallest absolute Gasteiger partial charge is 0.262 e. The van der Waals surface area contributed by atoms with Crippen molar-refractivity contribution in [3.05, 3.63) is 108 Å². The molecule has 8 heteroatoms. The van der Waals surface area contributed by atoms with Crippen LogP contribution in [0.4, 0.5) is 15.8 Å². The van der Waals surface area contributed by atoms with Crippen molar-refractivity contribution < 1.29 is 22.7 Å². The summed E-state index contributed by atoms with van der Waals surface area (Å²) in [5.41, 5.74) is 4.00. The highest BCUT2D eigenvalue weighted by Crippen LogP contribution is 2.34. The fourth-order valence-electron chi connectivity index (χ4n) is 4.14. The lowest BCUT2D eigenvalue weighted by atomic mass is 9.94. The number of rotatable bonds is 5. The Balaban J connectivity index is 1.42. The van der Waals surface area contributed by atoms with Crippen LogP contribution in [0.15, 0.2) is 95.9 Å². The van der Waals surface area contributed by atoms with Crippen LogP contribution in [0, 0.1) is 5.82 Å². The lowest BCUT2D eigenvalue weighted by Crippen LogP contribution is -2.37. The quantitative estimate of drug-likeness (QED) is 0.378. The van der Waals surface area contributed by atoms with Gasteiger partial charge >= 0.3 is 0 Å². The molecule has 5 rings (SSSR count). The van der Waals surface area contributed by atoms with Gasteiger partial charge in [0, 0.05) is 17.8 Å². The summed E-state index contributed by atoms with van der Waals surface area (Å²) in [6.07, 6.45) is 0.624. The highest BCUT2D eigenvalue weighted by atomic mass is 32.2. The van der Waals surface area contributed by atoms with Crippen LogP contribution in [0.1, 0.15) is 15.9 Å². The zero-order valence-corrected chi connectivity index (χ0v) is 19.3. The van der Waals surface area contributed by atoms with Crippen LogP contribution in [-0.4, -0.2) is 26.0 Å². The summed E-state index contributed by atoms with van der Waals surface area (Å²) < 4.78 is 40.9. The number of halogens is 1. The van der Waals surface area contributed by atoms with Gasteiger partial charge in [-0.2, -0.15) is 0 Å². The average molecular weight is 489 g/mol. The van der Waals surface area contributed by atoms with E-state index in [9.17, 15) is 22.7 Å². The largest absolute Gasteiger partial charge is 0.506 e. The van der Waals surface area contributed by atoms with Crippen molar-refractivity contribution in [1.29, 1.82) is 0 Å². The minimum atomic E-state index is -4.07. The monoisotopic (exact) mass is 488 g/mol. The Bertz CT molecular complexity index is 1520. The Morgan fingerprint density at radius 2 is 1.60 bits per heavy atom. The predicted octanol–water partition coefficient (Wildman–Crippen LogP) is 5.20. The number of anilines is 2. The summed E-state index contributed by atoms with van der Waals surface area (Å²) in [5.74, 6) is -1.06. The van der Waals surface area contributed by atoms with Gasteiger partial charge in [0.1, 0.15) is 11.6 Å². The van der Waals surface area contributed by atoms with Crippen molar-refractivity contribution >= 4 is 27.3 Å². The average Bonchev–Trinajstić information content (AvgIpc) is 2.86. The molecule has 0 radical (unpaired) electrons. The van der Waals surface area contributed by atoms with E-state index in [2.05, 4.69) is 4.72 Å². The summed E-state index contributed by atoms with van der Waals surface area (Å²) in [7, 11) is -4.07. The molecule has 4 aromatic rings. The van der Waals surface area contributed by atoms with Gasteiger partial charge < -0.3 is 10.0 Å². The number of phenolic OH excluding ortho intramolecular Hbond substituents is 1. The maximum Gasteiger partial charge on any atom is 0.262 e. The van der Waals surface area contributed by atoms with Crippen LogP contribution in [-0.2, 0) is 16.4 Å². The fourth-order valence-corrected chi connectivity index (χ4v) is 5.20. The molecule has 35 heavy (non-hydrogen) atoms. The van der Waals surface area contributed by atoms with E-state index < -0.39 is 15.8 Å². The minimum absolute atomic E-state index is 0.0788. The second-order valence-electron chi connectivity index (χ2n) is 8.21. The Hall–Kier alpha value is -4.17. The van der Waals surface area contributed by atoms with Gasteiger partial charge in [-0.1, -0.05) is 42.5 Å². The van der Waals surface area contributed by atoms with Crippen LogP contribution in [0.25, 0.3) is 11.1 Å². The first-order valence-corrected chi connectivity index (χ1v) is 12.4. The maximum absolute atomic E-state index is 13.3. The van der Waals surface area contributed by atoms with Gasteiger partial charge in [0.15, 0.2) is 0 Å². The number of phenols is 1. The summed E-state index contributed by atoms with van der Waals surface area (Å²) in [4.78, 5) is 14.7. The van der Waals surface area contributed by atoms with Crippen molar-refractivity contribution in [1.82, 2.24) is 0 Å². The highest BCUT2D eigenvalue weighted by molar-refractivity contribution is 7.92. The van der Waals surface area contributed by atoms with Gasteiger partial charge in [-0.25, -0.2) is 12.8 Å². The summed E-state index contributed by atoms with van der Waals surface area (Å²) in [6.45, 7) is 0.402. The molecule has 6 nitrogen and oxygen atoms in total. The van der Waals surface area contributed by atoms with E-state index in [4.69, 9.17) is 0 Å². The van der Waals surface area contributed by atoms with E-state index in [1.807, 2.05) is 48.5 Å². The molecule has 0 unspecified atom stereocenters. The number of nitrogens with zero attached hydrogens (tertiary/aromatic N) is 1. The standard InChI is InChI=1S/C27H21FN2O4S/c28-21-7-10-23(11-8-21)35(33,34)29-25-17-22(9-13-26(25)31)30-15-14-20-16-19(6-12-24(20)27(30)32)18-4-2-1-3-5-18/h1-13,16-17,29,31H,14-15H2. The van der Waals surface area contributed by atoms with E-state index >= 15 is 0 Å². The third-order valence-corrected chi connectivity index (χ3v) is 7.33. The number of sulfonamides is 1. The van der Waals surface area contributed by atoms with Crippen molar-refractivity contribution in [2.45, 2.75) is 11.3 Å². The molecule has 2 N–H and O–H groups in total. The van der Waals surface area contributed by atoms with E-state index in [0.717, 1.165) is 41.0 Å². The van der Waals surface area contributed by atoms with Gasteiger partial charge in [-0.3, -0.25) is 9.52 Å². The second kappa shape index (κ2) is 8.88. The number of carbonyl (C=O) groups excluding carboxylic acids is 1. The molecule has 0 aromatic heterocycles. The lowest BCUT2D eigenvalue weighted by molar-refractivity contribution is 0.0980.